The van der Waals surface area contributed by atoms with E-state index >= 15 is 0 Å². The van der Waals surface area contributed by atoms with Crippen LogP contribution in [0.25, 0.3) is 0 Å². The number of nitrogens with one attached hydrogen (secondary N) is 1. The van der Waals surface area contributed by atoms with Gasteiger partial charge >= 0.3 is 6.09 Å². The summed E-state index contributed by atoms with van der Waals surface area (Å²) >= 11 is 5.90. The van der Waals surface area contributed by atoms with Crippen LogP contribution in [0.2, 0.25) is 5.02 Å². The summed E-state index contributed by atoms with van der Waals surface area (Å²) < 4.78 is 34.3. The van der Waals surface area contributed by atoms with Crippen LogP contribution in [-0.4, -0.2) is 63.9 Å². The summed E-state index contributed by atoms with van der Waals surface area (Å²) in [5.74, 6) is 0.210. The zero-order chi connectivity index (χ0) is 29.9. The van der Waals surface area contributed by atoms with Crippen molar-refractivity contribution in [2.45, 2.75) is 64.0 Å². The first-order chi connectivity index (χ1) is 20.0. The monoisotopic (exact) mass is 599 g/mol. The van der Waals surface area contributed by atoms with Gasteiger partial charge in [-0.1, -0.05) is 11.6 Å². The number of aryl methyl sites for hydroxylation is 1. The lowest BCUT2D eigenvalue weighted by Gasteiger charge is -2.32. The molecule has 2 atom stereocenters. The Hall–Kier alpha value is -3.60. The van der Waals surface area contributed by atoms with E-state index in [1.807, 2.05) is 17.3 Å². The van der Waals surface area contributed by atoms with Crippen molar-refractivity contribution in [1.29, 1.82) is 0 Å². The van der Waals surface area contributed by atoms with E-state index in [-0.39, 0.29) is 5.56 Å². The standard InChI is InChI=1S/C30H36ClF2N7O2/c1-30(2,3)42-29(41)38-26-18-40(17-24(26)23-12-22(32)6-7-25(23)33)28-34-13-20(14-35-28)5-4-19-8-10-39(11-9-19)27-36-15-21(31)16-37-27/h6-7,12-16,19,24,26H,4-5,8-11,17-18H2,1-3H3,(H,38,41). The Morgan fingerprint density at radius 3 is 2.31 bits per heavy atom. The highest BCUT2D eigenvalue weighted by molar-refractivity contribution is 6.30. The third kappa shape index (κ3) is 7.61. The normalized spacial score (nSPS) is 19.7. The van der Waals surface area contributed by atoms with Gasteiger partial charge in [-0.05, 0) is 81.7 Å². The molecule has 2 aromatic heterocycles. The number of anilines is 2. The van der Waals surface area contributed by atoms with Crippen LogP contribution >= 0.6 is 11.6 Å². The minimum atomic E-state index is -0.691. The van der Waals surface area contributed by atoms with Gasteiger partial charge in [-0.25, -0.2) is 33.5 Å². The number of ether oxygens (including phenoxy) is 1. The topological polar surface area (TPSA) is 96.4 Å². The van der Waals surface area contributed by atoms with E-state index in [0.717, 1.165) is 62.4 Å². The zero-order valence-electron chi connectivity index (χ0n) is 24.1. The molecule has 0 saturated carbocycles. The fraction of sp³-hybridized carbons (Fsp3) is 0.500. The second-order valence-corrected chi connectivity index (χ2v) is 12.4. The molecule has 224 valence electrons. The first-order valence-corrected chi connectivity index (χ1v) is 14.6. The highest BCUT2D eigenvalue weighted by Gasteiger charge is 2.38. The number of amides is 1. The Morgan fingerprint density at radius 2 is 1.64 bits per heavy atom. The molecule has 4 heterocycles. The molecule has 2 aliphatic heterocycles. The van der Waals surface area contributed by atoms with Crippen molar-refractivity contribution < 1.29 is 18.3 Å². The largest absolute Gasteiger partial charge is 0.444 e. The SMILES string of the molecule is CC(C)(C)OC(=O)NC1CN(c2ncc(CCC3CCN(c4ncc(Cl)cn4)CC3)cn2)CC1c1cc(F)ccc1F. The van der Waals surface area contributed by atoms with Crippen LogP contribution in [0.5, 0.6) is 0 Å². The maximum Gasteiger partial charge on any atom is 0.407 e. The summed E-state index contributed by atoms with van der Waals surface area (Å²) in [4.78, 5) is 34.5. The molecular weight excluding hydrogens is 564 g/mol. The highest BCUT2D eigenvalue weighted by atomic mass is 35.5. The van der Waals surface area contributed by atoms with Gasteiger partial charge in [-0.2, -0.15) is 0 Å². The molecule has 9 nitrogen and oxygen atoms in total. The van der Waals surface area contributed by atoms with Gasteiger partial charge in [0.05, 0.1) is 23.5 Å². The molecule has 0 radical (unpaired) electrons. The summed E-state index contributed by atoms with van der Waals surface area (Å²) in [5.41, 5.74) is 0.546. The first kappa shape index (κ1) is 29.9. The minimum absolute atomic E-state index is 0.198. The second kappa shape index (κ2) is 12.7. The third-order valence-electron chi connectivity index (χ3n) is 7.70. The quantitative estimate of drug-likeness (QED) is 0.378. The van der Waals surface area contributed by atoms with Gasteiger partial charge in [0.25, 0.3) is 0 Å². The lowest BCUT2D eigenvalue weighted by molar-refractivity contribution is 0.0504. The van der Waals surface area contributed by atoms with Crippen LogP contribution in [0.4, 0.5) is 25.5 Å². The van der Waals surface area contributed by atoms with E-state index in [0.29, 0.717) is 30.0 Å². The lowest BCUT2D eigenvalue weighted by atomic mass is 9.91. The average molecular weight is 600 g/mol. The fourth-order valence-corrected chi connectivity index (χ4v) is 5.69. The maximum atomic E-state index is 14.8. The molecule has 5 rings (SSSR count). The summed E-state index contributed by atoms with van der Waals surface area (Å²) in [5, 5.41) is 3.38. The Labute approximate surface area is 249 Å². The molecule has 2 fully saturated rings. The number of nitrogens with zero attached hydrogens (tertiary/aromatic N) is 6. The van der Waals surface area contributed by atoms with E-state index in [1.165, 1.54) is 6.07 Å². The van der Waals surface area contributed by atoms with Gasteiger partial charge in [-0.3, -0.25) is 0 Å². The number of rotatable bonds is 7. The second-order valence-electron chi connectivity index (χ2n) is 12.0. The molecule has 1 aromatic carbocycles. The molecule has 1 amide bonds. The van der Waals surface area contributed by atoms with Crippen LogP contribution in [0.15, 0.2) is 43.0 Å². The smallest absolute Gasteiger partial charge is 0.407 e. The summed E-state index contributed by atoms with van der Waals surface area (Å²) in [7, 11) is 0. The van der Waals surface area contributed by atoms with Crippen molar-refractivity contribution in [3.8, 4) is 0 Å². The van der Waals surface area contributed by atoms with E-state index in [1.54, 1.807) is 33.2 Å². The number of aromatic nitrogens is 4. The minimum Gasteiger partial charge on any atom is -0.444 e. The van der Waals surface area contributed by atoms with Crippen LogP contribution < -0.4 is 15.1 Å². The predicted octanol–water partition coefficient (Wildman–Crippen LogP) is 5.54. The Kier molecular flexibility index (Phi) is 9.05. The lowest BCUT2D eigenvalue weighted by Crippen LogP contribution is -2.43. The number of halogens is 3. The number of hydrogen-bond donors (Lipinski definition) is 1. The molecular formula is C30H36ClF2N7O2. The molecule has 42 heavy (non-hydrogen) atoms. The molecule has 0 bridgehead atoms. The van der Waals surface area contributed by atoms with Gasteiger partial charge in [-0.15, -0.1) is 0 Å². The average Bonchev–Trinajstić information content (AvgIpc) is 3.36. The van der Waals surface area contributed by atoms with Gasteiger partial charge in [0, 0.05) is 44.5 Å². The highest BCUT2D eigenvalue weighted by Crippen LogP contribution is 2.32. The van der Waals surface area contributed by atoms with Gasteiger partial charge in [0.15, 0.2) is 0 Å². The number of carbonyl (C=O) groups excluding carboxylic acids is 1. The number of benzene rings is 1. The van der Waals surface area contributed by atoms with E-state index in [4.69, 9.17) is 16.3 Å². The Morgan fingerprint density at radius 1 is 1.00 bits per heavy atom. The van der Waals surface area contributed by atoms with Crippen molar-refractivity contribution >= 4 is 29.6 Å². The predicted molar refractivity (Wildman–Crippen MR) is 157 cm³/mol. The molecule has 3 aromatic rings. The summed E-state index contributed by atoms with van der Waals surface area (Å²) in [6.45, 7) is 7.76. The van der Waals surface area contributed by atoms with Crippen molar-refractivity contribution in [1.82, 2.24) is 25.3 Å². The van der Waals surface area contributed by atoms with Gasteiger partial charge in [0.2, 0.25) is 11.9 Å². The molecule has 0 aliphatic carbocycles. The van der Waals surface area contributed by atoms with Crippen LogP contribution in [0.1, 0.15) is 57.1 Å². The molecule has 12 heteroatoms. The number of hydrogen-bond acceptors (Lipinski definition) is 8. The first-order valence-electron chi connectivity index (χ1n) is 14.3. The van der Waals surface area contributed by atoms with Crippen molar-refractivity contribution in [3.05, 3.63) is 70.8 Å². The van der Waals surface area contributed by atoms with Crippen LogP contribution in [-0.2, 0) is 11.2 Å². The van der Waals surface area contributed by atoms with Crippen LogP contribution in [0.3, 0.4) is 0 Å². The zero-order valence-corrected chi connectivity index (χ0v) is 24.8. The number of alkyl carbamates (subject to hydrolysis) is 1. The molecule has 2 aliphatic rings. The van der Waals surface area contributed by atoms with Gasteiger partial charge in [0.1, 0.15) is 17.2 Å². The Balaban J connectivity index is 1.19. The maximum absolute atomic E-state index is 14.8. The molecule has 2 saturated heterocycles. The third-order valence-corrected chi connectivity index (χ3v) is 7.89. The summed E-state index contributed by atoms with van der Waals surface area (Å²) in [6, 6.07) is 2.85. The van der Waals surface area contributed by atoms with Crippen molar-refractivity contribution in [2.75, 3.05) is 36.0 Å². The van der Waals surface area contributed by atoms with E-state index < -0.39 is 35.3 Å². The van der Waals surface area contributed by atoms with Gasteiger partial charge < -0.3 is 19.9 Å². The molecule has 0 spiro atoms. The number of piperidine rings is 1. The van der Waals surface area contributed by atoms with E-state index in [2.05, 4.69) is 30.2 Å². The Bertz CT molecular complexity index is 1360. The van der Waals surface area contributed by atoms with Crippen molar-refractivity contribution in [3.63, 3.8) is 0 Å². The molecule has 2 unspecified atom stereocenters. The van der Waals surface area contributed by atoms with Crippen LogP contribution in [0, 0.1) is 17.6 Å². The van der Waals surface area contributed by atoms with Crippen molar-refractivity contribution in [2.24, 2.45) is 5.92 Å². The number of carbonyl (C=O) groups is 1. The van der Waals surface area contributed by atoms with E-state index in [9.17, 15) is 13.6 Å². The fourth-order valence-electron chi connectivity index (χ4n) is 5.59. The summed E-state index contributed by atoms with van der Waals surface area (Å²) in [6.07, 6.45) is 10.3. The molecule has 1 N–H and O–H groups in total.